The summed E-state index contributed by atoms with van der Waals surface area (Å²) >= 11 is 0. The van der Waals surface area contributed by atoms with E-state index in [1.807, 2.05) is 38.4 Å². The standard InChI is InChI=1S/C14H24N2O2/c1-3-17-14(18-4-2)11-13(5-8-15)12-6-9-16-10-7-12/h6-7,9-10,13-14H,3-5,8,11,15H2,1-2H3. The van der Waals surface area contributed by atoms with Gasteiger partial charge >= 0.3 is 0 Å². The summed E-state index contributed by atoms with van der Waals surface area (Å²) in [6, 6.07) is 4.07. The highest BCUT2D eigenvalue weighted by atomic mass is 16.7. The third-order valence-corrected chi connectivity index (χ3v) is 2.87. The van der Waals surface area contributed by atoms with Gasteiger partial charge < -0.3 is 15.2 Å². The fraction of sp³-hybridized carbons (Fsp3) is 0.643. The number of ether oxygens (including phenoxy) is 2. The molecule has 0 aliphatic carbocycles. The highest BCUT2D eigenvalue weighted by Gasteiger charge is 2.18. The molecule has 0 aliphatic rings. The Morgan fingerprint density at radius 2 is 1.78 bits per heavy atom. The third kappa shape index (κ3) is 5.12. The van der Waals surface area contributed by atoms with Gasteiger partial charge in [0, 0.05) is 32.0 Å². The Labute approximate surface area is 110 Å². The topological polar surface area (TPSA) is 57.4 Å². The van der Waals surface area contributed by atoms with Crippen molar-refractivity contribution >= 4 is 0 Å². The Balaban J connectivity index is 2.66. The molecule has 1 aromatic rings. The number of hydrogen-bond donors (Lipinski definition) is 1. The molecule has 4 heteroatoms. The minimum Gasteiger partial charge on any atom is -0.353 e. The molecule has 1 heterocycles. The molecule has 0 bridgehead atoms. The molecule has 18 heavy (non-hydrogen) atoms. The van der Waals surface area contributed by atoms with E-state index in [0.29, 0.717) is 25.7 Å². The predicted octanol–water partition coefficient (Wildman–Crippen LogP) is 2.30. The lowest BCUT2D eigenvalue weighted by atomic mass is 9.93. The van der Waals surface area contributed by atoms with Crippen LogP contribution < -0.4 is 5.73 Å². The number of hydrogen-bond acceptors (Lipinski definition) is 4. The van der Waals surface area contributed by atoms with Gasteiger partial charge in [-0.15, -0.1) is 0 Å². The van der Waals surface area contributed by atoms with Crippen LogP contribution in [0, 0.1) is 0 Å². The van der Waals surface area contributed by atoms with Crippen molar-refractivity contribution in [2.24, 2.45) is 5.73 Å². The van der Waals surface area contributed by atoms with Crippen LogP contribution in [0.2, 0.25) is 0 Å². The second-order valence-corrected chi connectivity index (χ2v) is 4.13. The van der Waals surface area contributed by atoms with E-state index >= 15 is 0 Å². The van der Waals surface area contributed by atoms with Gasteiger partial charge in [0.25, 0.3) is 0 Å². The maximum atomic E-state index is 5.69. The quantitative estimate of drug-likeness (QED) is 0.685. The summed E-state index contributed by atoms with van der Waals surface area (Å²) in [4.78, 5) is 4.05. The van der Waals surface area contributed by atoms with Crippen LogP contribution in [0.1, 0.15) is 38.2 Å². The summed E-state index contributed by atoms with van der Waals surface area (Å²) in [6.07, 6.45) is 5.25. The van der Waals surface area contributed by atoms with Crippen molar-refractivity contribution in [3.8, 4) is 0 Å². The van der Waals surface area contributed by atoms with E-state index in [1.165, 1.54) is 5.56 Å². The molecule has 1 unspecified atom stereocenters. The molecule has 1 rings (SSSR count). The molecule has 2 N–H and O–H groups in total. The van der Waals surface area contributed by atoms with Gasteiger partial charge in [-0.1, -0.05) is 0 Å². The van der Waals surface area contributed by atoms with Crippen LogP contribution in [0.4, 0.5) is 0 Å². The summed E-state index contributed by atoms with van der Waals surface area (Å²) in [5.74, 6) is 0.362. The van der Waals surface area contributed by atoms with Gasteiger partial charge in [-0.3, -0.25) is 4.98 Å². The first-order valence-corrected chi connectivity index (χ1v) is 6.65. The minimum atomic E-state index is -0.148. The normalized spacial score (nSPS) is 12.9. The van der Waals surface area contributed by atoms with Gasteiger partial charge in [0.2, 0.25) is 0 Å². The van der Waals surface area contributed by atoms with Crippen molar-refractivity contribution in [3.63, 3.8) is 0 Å². The van der Waals surface area contributed by atoms with Crippen molar-refractivity contribution < 1.29 is 9.47 Å². The number of nitrogens with two attached hydrogens (primary N) is 1. The first-order chi connectivity index (χ1) is 8.81. The Morgan fingerprint density at radius 1 is 1.17 bits per heavy atom. The average Bonchev–Trinajstić information content (AvgIpc) is 2.40. The maximum Gasteiger partial charge on any atom is 0.158 e. The lowest BCUT2D eigenvalue weighted by Crippen LogP contribution is -2.22. The Hall–Kier alpha value is -0.970. The van der Waals surface area contributed by atoms with Crippen molar-refractivity contribution in [3.05, 3.63) is 30.1 Å². The Morgan fingerprint density at radius 3 is 2.28 bits per heavy atom. The average molecular weight is 252 g/mol. The Kier molecular flexibility index (Phi) is 7.57. The van der Waals surface area contributed by atoms with Gasteiger partial charge in [-0.25, -0.2) is 0 Å². The zero-order valence-electron chi connectivity index (χ0n) is 11.3. The van der Waals surface area contributed by atoms with E-state index in [4.69, 9.17) is 15.2 Å². The van der Waals surface area contributed by atoms with Crippen LogP contribution in [-0.4, -0.2) is 31.0 Å². The second kappa shape index (κ2) is 9.03. The first-order valence-electron chi connectivity index (χ1n) is 6.65. The number of rotatable bonds is 9. The van der Waals surface area contributed by atoms with E-state index < -0.39 is 0 Å². The SMILES string of the molecule is CCOC(CC(CCN)c1ccncc1)OCC. The second-order valence-electron chi connectivity index (χ2n) is 4.13. The van der Waals surface area contributed by atoms with Gasteiger partial charge in [0.15, 0.2) is 6.29 Å². The Bertz CT molecular complexity index is 300. The summed E-state index contributed by atoms with van der Waals surface area (Å²) in [5.41, 5.74) is 6.94. The van der Waals surface area contributed by atoms with E-state index in [0.717, 1.165) is 12.8 Å². The fourth-order valence-electron chi connectivity index (χ4n) is 2.05. The molecule has 1 aromatic heterocycles. The summed E-state index contributed by atoms with van der Waals surface area (Å²) in [7, 11) is 0. The van der Waals surface area contributed by atoms with E-state index in [2.05, 4.69) is 4.98 Å². The van der Waals surface area contributed by atoms with Gasteiger partial charge in [-0.05, 0) is 50.4 Å². The zero-order valence-corrected chi connectivity index (χ0v) is 11.3. The summed E-state index contributed by atoms with van der Waals surface area (Å²) in [6.45, 7) is 5.96. The first kappa shape index (κ1) is 15.1. The number of pyridine rings is 1. The van der Waals surface area contributed by atoms with Crippen LogP contribution in [-0.2, 0) is 9.47 Å². The molecule has 0 spiro atoms. The van der Waals surface area contributed by atoms with Gasteiger partial charge in [-0.2, -0.15) is 0 Å². The molecule has 102 valence electrons. The molecule has 0 aromatic carbocycles. The molecule has 0 saturated heterocycles. The van der Waals surface area contributed by atoms with Crippen LogP contribution >= 0.6 is 0 Å². The lowest BCUT2D eigenvalue weighted by molar-refractivity contribution is -0.142. The van der Waals surface area contributed by atoms with Crippen molar-refractivity contribution in [2.45, 2.75) is 38.9 Å². The smallest absolute Gasteiger partial charge is 0.158 e. The summed E-state index contributed by atoms with van der Waals surface area (Å²) in [5, 5.41) is 0. The fourth-order valence-corrected chi connectivity index (χ4v) is 2.05. The zero-order chi connectivity index (χ0) is 13.2. The van der Waals surface area contributed by atoms with Crippen molar-refractivity contribution in [1.29, 1.82) is 0 Å². The maximum absolute atomic E-state index is 5.69. The number of aromatic nitrogens is 1. The van der Waals surface area contributed by atoms with Crippen molar-refractivity contribution in [1.82, 2.24) is 4.98 Å². The van der Waals surface area contributed by atoms with Gasteiger partial charge in [0.1, 0.15) is 0 Å². The molecular formula is C14H24N2O2. The van der Waals surface area contributed by atoms with Gasteiger partial charge in [0.05, 0.1) is 0 Å². The largest absolute Gasteiger partial charge is 0.353 e. The van der Waals surface area contributed by atoms with Crippen LogP contribution in [0.15, 0.2) is 24.5 Å². The minimum absolute atomic E-state index is 0.148. The third-order valence-electron chi connectivity index (χ3n) is 2.87. The van der Waals surface area contributed by atoms with Crippen LogP contribution in [0.25, 0.3) is 0 Å². The molecule has 1 atom stereocenters. The van der Waals surface area contributed by atoms with Crippen molar-refractivity contribution in [2.75, 3.05) is 19.8 Å². The predicted molar refractivity (Wildman–Crippen MR) is 72.3 cm³/mol. The highest BCUT2D eigenvalue weighted by molar-refractivity contribution is 5.15. The monoisotopic (exact) mass is 252 g/mol. The molecule has 0 aliphatic heterocycles. The molecule has 0 radical (unpaired) electrons. The molecule has 4 nitrogen and oxygen atoms in total. The molecule has 0 amide bonds. The molecule has 0 fully saturated rings. The van der Waals surface area contributed by atoms with E-state index in [9.17, 15) is 0 Å². The molecule has 0 saturated carbocycles. The highest BCUT2D eigenvalue weighted by Crippen LogP contribution is 2.25. The lowest BCUT2D eigenvalue weighted by Gasteiger charge is -2.23. The van der Waals surface area contributed by atoms with E-state index in [-0.39, 0.29) is 6.29 Å². The van der Waals surface area contributed by atoms with Crippen LogP contribution in [0.5, 0.6) is 0 Å². The van der Waals surface area contributed by atoms with E-state index in [1.54, 1.807) is 0 Å². The van der Waals surface area contributed by atoms with Crippen LogP contribution in [0.3, 0.4) is 0 Å². The summed E-state index contributed by atoms with van der Waals surface area (Å²) < 4.78 is 11.2. The molecular weight excluding hydrogens is 228 g/mol. The number of nitrogens with zero attached hydrogens (tertiary/aromatic N) is 1.